The maximum atomic E-state index is 12.1. The van der Waals surface area contributed by atoms with Gasteiger partial charge in [0.05, 0.1) is 32.2 Å². The molecule has 4 nitrogen and oxygen atoms in total. The molecule has 0 aliphatic carbocycles. The van der Waals surface area contributed by atoms with Crippen molar-refractivity contribution < 1.29 is 9.00 Å². The number of rotatable bonds is 4. The average molecular weight is 343 g/mol. The first-order valence-electron chi connectivity index (χ1n) is 5.95. The second-order valence-electron chi connectivity index (χ2n) is 4.20. The molecule has 0 aliphatic rings. The van der Waals surface area contributed by atoms with Crippen molar-refractivity contribution in [2.75, 3.05) is 16.8 Å². The second-order valence-corrected chi connectivity index (χ2v) is 6.47. The Bertz CT molecular complexity index is 707. The van der Waals surface area contributed by atoms with E-state index in [1.165, 1.54) is 6.07 Å². The van der Waals surface area contributed by atoms with Crippen molar-refractivity contribution in [3.63, 3.8) is 0 Å². The summed E-state index contributed by atoms with van der Waals surface area (Å²) in [4.78, 5) is 12.3. The summed E-state index contributed by atoms with van der Waals surface area (Å²) in [5.74, 6) is -0.583. The van der Waals surface area contributed by atoms with Gasteiger partial charge in [-0.3, -0.25) is 9.00 Å². The molecule has 0 radical (unpaired) electrons. The Morgan fingerprint density at radius 1 is 1.14 bits per heavy atom. The number of para-hydroxylation sites is 1. The molecule has 2 rings (SSSR count). The van der Waals surface area contributed by atoms with Gasteiger partial charge in [0, 0.05) is 4.90 Å². The summed E-state index contributed by atoms with van der Waals surface area (Å²) in [7, 11) is -1.51. The number of hydrogen-bond donors (Lipinski definition) is 2. The van der Waals surface area contributed by atoms with Crippen molar-refractivity contribution in [1.82, 2.24) is 0 Å². The Kier molecular flexibility index (Phi) is 5.22. The van der Waals surface area contributed by atoms with E-state index < -0.39 is 16.7 Å². The Morgan fingerprint density at radius 3 is 2.52 bits per heavy atom. The number of carbonyl (C=O) groups excluding carboxylic acids is 1. The van der Waals surface area contributed by atoms with Crippen LogP contribution in [0.5, 0.6) is 0 Å². The van der Waals surface area contributed by atoms with Crippen LogP contribution in [-0.2, 0) is 15.6 Å². The summed E-state index contributed by atoms with van der Waals surface area (Å²) in [5, 5.41) is 3.35. The van der Waals surface area contributed by atoms with Gasteiger partial charge in [-0.2, -0.15) is 0 Å². The number of amides is 1. The van der Waals surface area contributed by atoms with E-state index >= 15 is 0 Å². The van der Waals surface area contributed by atoms with Gasteiger partial charge in [-0.05, 0) is 30.3 Å². The predicted octanol–water partition coefficient (Wildman–Crippen LogP) is 3.32. The fraction of sp³-hybridized carbons (Fsp3) is 0.0714. The Morgan fingerprint density at radius 2 is 1.86 bits per heavy atom. The molecule has 1 amide bonds. The van der Waals surface area contributed by atoms with Crippen molar-refractivity contribution in [3.8, 4) is 0 Å². The van der Waals surface area contributed by atoms with Gasteiger partial charge in [0.15, 0.2) is 0 Å². The van der Waals surface area contributed by atoms with E-state index in [1.807, 2.05) is 0 Å². The number of nitrogens with two attached hydrogens (primary N) is 1. The molecule has 2 aromatic carbocycles. The fourth-order valence-corrected chi connectivity index (χ4v) is 2.98. The summed E-state index contributed by atoms with van der Waals surface area (Å²) < 4.78 is 12.1. The van der Waals surface area contributed by atoms with Crippen molar-refractivity contribution in [2.45, 2.75) is 4.90 Å². The van der Waals surface area contributed by atoms with Gasteiger partial charge in [0.2, 0.25) is 5.91 Å². The quantitative estimate of drug-likeness (QED) is 0.837. The number of carbonyl (C=O) groups is 1. The van der Waals surface area contributed by atoms with Crippen molar-refractivity contribution >= 4 is 51.3 Å². The molecule has 1 atom stereocenters. The van der Waals surface area contributed by atoms with Crippen LogP contribution in [0, 0.1) is 0 Å². The van der Waals surface area contributed by atoms with Crippen LogP contribution >= 0.6 is 23.2 Å². The molecule has 0 aliphatic heterocycles. The highest BCUT2D eigenvalue weighted by Crippen LogP contribution is 2.23. The molecule has 0 saturated carbocycles. The van der Waals surface area contributed by atoms with Gasteiger partial charge < -0.3 is 11.1 Å². The van der Waals surface area contributed by atoms with Crippen LogP contribution in [0.15, 0.2) is 47.4 Å². The van der Waals surface area contributed by atoms with Gasteiger partial charge in [0.1, 0.15) is 5.75 Å². The molecule has 0 saturated heterocycles. The molecule has 0 spiro atoms. The smallest absolute Gasteiger partial charge is 0.237 e. The Balaban J connectivity index is 2.04. The van der Waals surface area contributed by atoms with Crippen LogP contribution in [0.25, 0.3) is 0 Å². The number of hydrogen-bond acceptors (Lipinski definition) is 3. The monoisotopic (exact) mass is 342 g/mol. The van der Waals surface area contributed by atoms with Gasteiger partial charge in [-0.1, -0.05) is 35.3 Å². The minimum atomic E-state index is -1.51. The number of nitrogen functional groups attached to an aromatic ring is 1. The maximum Gasteiger partial charge on any atom is 0.237 e. The van der Waals surface area contributed by atoms with E-state index in [-0.39, 0.29) is 5.75 Å². The van der Waals surface area contributed by atoms with E-state index in [0.717, 1.165) is 0 Å². The van der Waals surface area contributed by atoms with Crippen LogP contribution < -0.4 is 11.1 Å². The highest BCUT2D eigenvalue weighted by atomic mass is 35.5. The lowest BCUT2D eigenvalue weighted by molar-refractivity contribution is -0.113. The van der Waals surface area contributed by atoms with E-state index in [1.54, 1.807) is 36.4 Å². The molecule has 0 bridgehead atoms. The topological polar surface area (TPSA) is 72.2 Å². The zero-order valence-corrected chi connectivity index (χ0v) is 13.1. The SMILES string of the molecule is Nc1ccc(S(=O)CC(=O)Nc2ccccc2Cl)cc1Cl. The first-order valence-corrected chi connectivity index (χ1v) is 8.02. The highest BCUT2D eigenvalue weighted by Gasteiger charge is 2.12. The molecule has 0 fully saturated rings. The summed E-state index contributed by atoms with van der Waals surface area (Å²) in [6.07, 6.45) is 0. The summed E-state index contributed by atoms with van der Waals surface area (Å²) in [5.41, 5.74) is 6.47. The number of anilines is 2. The molecule has 7 heteroatoms. The zero-order valence-electron chi connectivity index (χ0n) is 10.8. The molecule has 0 heterocycles. The van der Waals surface area contributed by atoms with Gasteiger partial charge in [0.25, 0.3) is 0 Å². The van der Waals surface area contributed by atoms with Crippen LogP contribution in [0.2, 0.25) is 10.0 Å². The average Bonchev–Trinajstić information content (AvgIpc) is 2.44. The van der Waals surface area contributed by atoms with E-state index in [9.17, 15) is 9.00 Å². The van der Waals surface area contributed by atoms with Crippen LogP contribution in [0.4, 0.5) is 11.4 Å². The summed E-state index contributed by atoms with van der Waals surface area (Å²) in [6, 6.07) is 11.5. The minimum absolute atomic E-state index is 0.189. The van der Waals surface area contributed by atoms with Crippen LogP contribution in [-0.4, -0.2) is 15.9 Å². The third-order valence-corrected chi connectivity index (χ3v) is 4.61. The van der Waals surface area contributed by atoms with Crippen molar-refractivity contribution in [2.24, 2.45) is 0 Å². The van der Waals surface area contributed by atoms with Gasteiger partial charge in [-0.25, -0.2) is 0 Å². The summed E-state index contributed by atoms with van der Waals surface area (Å²) in [6.45, 7) is 0. The fourth-order valence-electron chi connectivity index (χ4n) is 1.60. The van der Waals surface area contributed by atoms with Crippen LogP contribution in [0.1, 0.15) is 0 Å². The third-order valence-electron chi connectivity index (χ3n) is 2.64. The Hall–Kier alpha value is -1.56. The maximum absolute atomic E-state index is 12.1. The predicted molar refractivity (Wildman–Crippen MR) is 87.2 cm³/mol. The molecule has 1 unspecified atom stereocenters. The van der Waals surface area contributed by atoms with Gasteiger partial charge in [-0.15, -0.1) is 0 Å². The first kappa shape index (κ1) is 15.8. The highest BCUT2D eigenvalue weighted by molar-refractivity contribution is 7.85. The lowest BCUT2D eigenvalue weighted by Crippen LogP contribution is -2.19. The van der Waals surface area contributed by atoms with Crippen LogP contribution in [0.3, 0.4) is 0 Å². The lowest BCUT2D eigenvalue weighted by atomic mass is 10.3. The standard InChI is InChI=1S/C14H12Cl2N2O2S/c15-10-3-1-2-4-13(10)18-14(19)8-21(20)9-5-6-12(17)11(16)7-9/h1-7H,8,17H2,(H,18,19). The lowest BCUT2D eigenvalue weighted by Gasteiger charge is -2.07. The number of nitrogens with one attached hydrogen (secondary N) is 1. The normalized spacial score (nSPS) is 11.9. The first-order chi connectivity index (χ1) is 9.97. The van der Waals surface area contributed by atoms with E-state index in [0.29, 0.717) is 26.3 Å². The minimum Gasteiger partial charge on any atom is -0.398 e. The second kappa shape index (κ2) is 6.93. The molecule has 21 heavy (non-hydrogen) atoms. The molecule has 110 valence electrons. The molecular formula is C14H12Cl2N2O2S. The molecule has 0 aromatic heterocycles. The molecule has 2 aromatic rings. The number of halogens is 2. The zero-order chi connectivity index (χ0) is 15.4. The van der Waals surface area contributed by atoms with E-state index in [2.05, 4.69) is 5.32 Å². The third kappa shape index (κ3) is 4.20. The molecule has 3 N–H and O–H groups in total. The summed E-state index contributed by atoms with van der Waals surface area (Å²) >= 11 is 11.8. The Labute approximate surface area is 134 Å². The number of benzene rings is 2. The molecular weight excluding hydrogens is 331 g/mol. The largest absolute Gasteiger partial charge is 0.398 e. The van der Waals surface area contributed by atoms with Crippen molar-refractivity contribution in [3.05, 3.63) is 52.5 Å². The van der Waals surface area contributed by atoms with E-state index in [4.69, 9.17) is 28.9 Å². The van der Waals surface area contributed by atoms with Gasteiger partial charge >= 0.3 is 0 Å². The van der Waals surface area contributed by atoms with Crippen molar-refractivity contribution in [1.29, 1.82) is 0 Å².